The maximum absolute atomic E-state index is 12.2. The van der Waals surface area contributed by atoms with E-state index in [9.17, 15) is 9.59 Å². The highest BCUT2D eigenvalue weighted by molar-refractivity contribution is 6.03. The van der Waals surface area contributed by atoms with Crippen LogP contribution in [0.1, 0.15) is 22.3 Å². The third-order valence-electron chi connectivity index (χ3n) is 3.64. The summed E-state index contributed by atoms with van der Waals surface area (Å²) in [6, 6.07) is 14.7. The second kappa shape index (κ2) is 8.15. The second-order valence-electron chi connectivity index (χ2n) is 5.64. The Labute approximate surface area is 142 Å². The van der Waals surface area contributed by atoms with Crippen LogP contribution in [0.15, 0.2) is 48.5 Å². The molecule has 5 heteroatoms. The van der Waals surface area contributed by atoms with Gasteiger partial charge in [-0.05, 0) is 36.2 Å². The van der Waals surface area contributed by atoms with Crippen LogP contribution in [0.2, 0.25) is 0 Å². The van der Waals surface area contributed by atoms with Crippen LogP contribution in [-0.4, -0.2) is 37.9 Å². The van der Waals surface area contributed by atoms with Gasteiger partial charge in [-0.15, -0.1) is 0 Å². The molecule has 0 heterocycles. The van der Waals surface area contributed by atoms with Gasteiger partial charge >= 0.3 is 0 Å². The Hall–Kier alpha value is -2.82. The topological polar surface area (TPSA) is 58.6 Å². The van der Waals surface area contributed by atoms with Gasteiger partial charge in [-0.2, -0.15) is 0 Å². The molecule has 0 aliphatic heterocycles. The van der Waals surface area contributed by atoms with Gasteiger partial charge in [-0.1, -0.05) is 24.3 Å². The minimum Gasteiger partial charge on any atom is -0.497 e. The molecule has 5 nitrogen and oxygen atoms in total. The number of amides is 2. The first-order chi connectivity index (χ1) is 11.5. The van der Waals surface area contributed by atoms with Gasteiger partial charge in [0.15, 0.2) is 0 Å². The second-order valence-corrected chi connectivity index (χ2v) is 5.64. The number of anilines is 1. The summed E-state index contributed by atoms with van der Waals surface area (Å²) in [7, 11) is 4.99. The van der Waals surface area contributed by atoms with Crippen molar-refractivity contribution in [2.75, 3.05) is 26.5 Å². The highest BCUT2D eigenvalue weighted by atomic mass is 16.5. The van der Waals surface area contributed by atoms with Crippen molar-refractivity contribution in [3.05, 3.63) is 59.7 Å². The summed E-state index contributed by atoms with van der Waals surface area (Å²) in [6.07, 6.45) is 0.969. The van der Waals surface area contributed by atoms with E-state index < -0.39 is 0 Å². The van der Waals surface area contributed by atoms with Gasteiger partial charge in [-0.25, -0.2) is 0 Å². The lowest BCUT2D eigenvalue weighted by Gasteiger charge is -2.14. The average molecular weight is 326 g/mol. The van der Waals surface area contributed by atoms with E-state index in [1.807, 2.05) is 24.3 Å². The third kappa shape index (κ3) is 4.59. The van der Waals surface area contributed by atoms with E-state index in [1.54, 1.807) is 45.5 Å². The Morgan fingerprint density at radius 1 is 1.04 bits per heavy atom. The molecule has 0 aliphatic carbocycles. The zero-order valence-electron chi connectivity index (χ0n) is 14.2. The fraction of sp³-hybridized carbons (Fsp3) is 0.263. The molecule has 0 spiro atoms. The van der Waals surface area contributed by atoms with Crippen molar-refractivity contribution in [3.8, 4) is 5.75 Å². The van der Waals surface area contributed by atoms with E-state index >= 15 is 0 Å². The van der Waals surface area contributed by atoms with E-state index in [1.165, 1.54) is 4.90 Å². The van der Waals surface area contributed by atoms with E-state index in [0.29, 0.717) is 24.1 Å². The molecule has 0 unspecified atom stereocenters. The molecular weight excluding hydrogens is 304 g/mol. The number of carbonyl (C=O) groups is 2. The fourth-order valence-corrected chi connectivity index (χ4v) is 2.28. The summed E-state index contributed by atoms with van der Waals surface area (Å²) in [5, 5.41) is 2.83. The van der Waals surface area contributed by atoms with Crippen LogP contribution in [-0.2, 0) is 11.2 Å². The molecule has 0 radical (unpaired) electrons. The minimum absolute atomic E-state index is 0.121. The average Bonchev–Trinajstić information content (AvgIpc) is 2.60. The van der Waals surface area contributed by atoms with E-state index in [4.69, 9.17) is 4.74 Å². The predicted molar refractivity (Wildman–Crippen MR) is 94.4 cm³/mol. The van der Waals surface area contributed by atoms with Crippen molar-refractivity contribution in [1.82, 2.24) is 4.90 Å². The van der Waals surface area contributed by atoms with Crippen LogP contribution in [0, 0.1) is 0 Å². The maximum Gasteiger partial charge on any atom is 0.255 e. The van der Waals surface area contributed by atoms with Crippen LogP contribution in [0.4, 0.5) is 5.69 Å². The Morgan fingerprint density at radius 2 is 1.71 bits per heavy atom. The van der Waals surface area contributed by atoms with Crippen LogP contribution in [0.25, 0.3) is 0 Å². The molecule has 2 amide bonds. The van der Waals surface area contributed by atoms with Gasteiger partial charge in [0.1, 0.15) is 5.75 Å². The van der Waals surface area contributed by atoms with Crippen molar-refractivity contribution >= 4 is 17.5 Å². The van der Waals surface area contributed by atoms with Crippen LogP contribution < -0.4 is 10.1 Å². The smallest absolute Gasteiger partial charge is 0.255 e. The zero-order valence-corrected chi connectivity index (χ0v) is 14.2. The van der Waals surface area contributed by atoms with Crippen molar-refractivity contribution < 1.29 is 14.3 Å². The fourth-order valence-electron chi connectivity index (χ4n) is 2.28. The van der Waals surface area contributed by atoms with Crippen LogP contribution in [0.5, 0.6) is 5.75 Å². The monoisotopic (exact) mass is 326 g/mol. The number of benzene rings is 2. The Kier molecular flexibility index (Phi) is 5.95. The summed E-state index contributed by atoms with van der Waals surface area (Å²) < 4.78 is 5.11. The number of nitrogens with one attached hydrogen (secondary N) is 1. The molecular formula is C19H22N2O3. The van der Waals surface area contributed by atoms with Gasteiger partial charge in [0.05, 0.1) is 18.4 Å². The zero-order chi connectivity index (χ0) is 17.5. The number of rotatable bonds is 6. The molecule has 0 atom stereocenters. The van der Waals surface area contributed by atoms with Crippen LogP contribution in [0.3, 0.4) is 0 Å². The molecule has 2 rings (SSSR count). The SMILES string of the molecule is COc1ccc(CCC(=O)Nc2ccccc2C(=O)N(C)C)cc1. The molecule has 0 fully saturated rings. The van der Waals surface area contributed by atoms with Crippen molar-refractivity contribution in [2.24, 2.45) is 0 Å². The molecule has 24 heavy (non-hydrogen) atoms. The molecule has 0 bridgehead atoms. The molecule has 0 saturated heterocycles. The lowest BCUT2D eigenvalue weighted by Crippen LogP contribution is -2.24. The molecule has 0 saturated carbocycles. The molecule has 2 aromatic carbocycles. The van der Waals surface area contributed by atoms with E-state index in [0.717, 1.165) is 11.3 Å². The number of para-hydroxylation sites is 1. The van der Waals surface area contributed by atoms with Gasteiger partial charge < -0.3 is 15.0 Å². The molecule has 0 aromatic heterocycles. The first-order valence-corrected chi connectivity index (χ1v) is 7.74. The molecule has 1 N–H and O–H groups in total. The molecule has 126 valence electrons. The summed E-state index contributed by atoms with van der Waals surface area (Å²) >= 11 is 0. The highest BCUT2D eigenvalue weighted by Gasteiger charge is 2.14. The van der Waals surface area contributed by atoms with Gasteiger partial charge in [0.25, 0.3) is 5.91 Å². The maximum atomic E-state index is 12.2. The van der Waals surface area contributed by atoms with Crippen molar-refractivity contribution in [3.63, 3.8) is 0 Å². The number of nitrogens with zero attached hydrogens (tertiary/aromatic N) is 1. The van der Waals surface area contributed by atoms with Gasteiger partial charge in [0, 0.05) is 20.5 Å². The van der Waals surface area contributed by atoms with Crippen molar-refractivity contribution in [1.29, 1.82) is 0 Å². The Morgan fingerprint density at radius 3 is 2.33 bits per heavy atom. The number of hydrogen-bond acceptors (Lipinski definition) is 3. The summed E-state index contributed by atoms with van der Waals surface area (Å²) in [4.78, 5) is 25.8. The third-order valence-corrected chi connectivity index (χ3v) is 3.64. The normalized spacial score (nSPS) is 10.1. The van der Waals surface area contributed by atoms with Gasteiger partial charge in [0.2, 0.25) is 5.91 Å². The first kappa shape index (κ1) is 17.5. The highest BCUT2D eigenvalue weighted by Crippen LogP contribution is 2.17. The standard InChI is InChI=1S/C19H22N2O3/c1-21(2)19(23)16-6-4-5-7-17(16)20-18(22)13-10-14-8-11-15(24-3)12-9-14/h4-9,11-12H,10,13H2,1-3H3,(H,20,22). The number of carbonyl (C=O) groups excluding carboxylic acids is 2. The first-order valence-electron chi connectivity index (χ1n) is 7.74. The lowest BCUT2D eigenvalue weighted by molar-refractivity contribution is -0.116. The Balaban J connectivity index is 1.98. The molecule has 2 aromatic rings. The number of aryl methyl sites for hydroxylation is 1. The van der Waals surface area contributed by atoms with E-state index in [2.05, 4.69) is 5.32 Å². The number of methoxy groups -OCH3 is 1. The minimum atomic E-state index is -0.138. The van der Waals surface area contributed by atoms with Crippen molar-refractivity contribution in [2.45, 2.75) is 12.8 Å². The summed E-state index contributed by atoms with van der Waals surface area (Å²) in [6.45, 7) is 0. The predicted octanol–water partition coefficient (Wildman–Crippen LogP) is 2.97. The lowest BCUT2D eigenvalue weighted by atomic mass is 10.1. The molecule has 0 aliphatic rings. The number of ether oxygens (including phenoxy) is 1. The largest absolute Gasteiger partial charge is 0.497 e. The summed E-state index contributed by atoms with van der Waals surface area (Å²) in [5.74, 6) is 0.533. The van der Waals surface area contributed by atoms with Crippen LogP contribution >= 0.6 is 0 Å². The Bertz CT molecular complexity index is 709. The number of hydrogen-bond donors (Lipinski definition) is 1. The van der Waals surface area contributed by atoms with E-state index in [-0.39, 0.29) is 11.8 Å². The quantitative estimate of drug-likeness (QED) is 0.888. The van der Waals surface area contributed by atoms with Gasteiger partial charge in [-0.3, -0.25) is 9.59 Å². The summed E-state index contributed by atoms with van der Waals surface area (Å²) in [5.41, 5.74) is 2.08.